The SMILES string of the molecule is NC(CCCCO)c1ccc(Cl)nn1. The maximum Gasteiger partial charge on any atom is 0.151 e. The highest BCUT2D eigenvalue weighted by Gasteiger charge is 2.07. The molecule has 0 saturated carbocycles. The number of unbranched alkanes of at least 4 members (excludes halogenated alkanes) is 1. The van der Waals surface area contributed by atoms with Crippen LogP contribution in [0.25, 0.3) is 0 Å². The van der Waals surface area contributed by atoms with Crippen LogP contribution < -0.4 is 5.73 Å². The second-order valence-corrected chi connectivity index (χ2v) is 3.49. The Morgan fingerprint density at radius 3 is 2.71 bits per heavy atom. The van der Waals surface area contributed by atoms with E-state index in [0.29, 0.717) is 5.15 Å². The van der Waals surface area contributed by atoms with Crippen LogP contribution in [0.4, 0.5) is 0 Å². The van der Waals surface area contributed by atoms with E-state index in [2.05, 4.69) is 10.2 Å². The van der Waals surface area contributed by atoms with Crippen LogP contribution in [-0.2, 0) is 0 Å². The van der Waals surface area contributed by atoms with Gasteiger partial charge in [-0.15, -0.1) is 5.10 Å². The van der Waals surface area contributed by atoms with Crippen molar-refractivity contribution < 1.29 is 5.11 Å². The predicted octanol–water partition coefficient (Wildman–Crippen LogP) is 1.29. The Balaban J connectivity index is 2.43. The van der Waals surface area contributed by atoms with Crippen LogP contribution in [0.1, 0.15) is 31.0 Å². The summed E-state index contributed by atoms with van der Waals surface area (Å²) in [5, 5.41) is 16.6. The molecular weight excluding hydrogens is 202 g/mol. The molecule has 4 nitrogen and oxygen atoms in total. The highest BCUT2D eigenvalue weighted by Crippen LogP contribution is 2.14. The van der Waals surface area contributed by atoms with Gasteiger partial charge in [0.2, 0.25) is 0 Å². The van der Waals surface area contributed by atoms with Gasteiger partial charge in [0.1, 0.15) is 0 Å². The maximum absolute atomic E-state index is 8.60. The number of hydrogen-bond acceptors (Lipinski definition) is 4. The van der Waals surface area contributed by atoms with Crippen LogP contribution in [0.5, 0.6) is 0 Å². The van der Waals surface area contributed by atoms with Crippen LogP contribution in [0.3, 0.4) is 0 Å². The minimum absolute atomic E-state index is 0.119. The number of aromatic nitrogens is 2. The van der Waals surface area contributed by atoms with E-state index in [1.807, 2.05) is 0 Å². The van der Waals surface area contributed by atoms with Crippen molar-refractivity contribution in [2.75, 3.05) is 6.61 Å². The van der Waals surface area contributed by atoms with Crippen molar-refractivity contribution >= 4 is 11.6 Å². The molecule has 0 aliphatic rings. The zero-order valence-electron chi connectivity index (χ0n) is 7.86. The summed E-state index contributed by atoms with van der Waals surface area (Å²) in [6.45, 7) is 0.207. The van der Waals surface area contributed by atoms with Gasteiger partial charge >= 0.3 is 0 Å². The van der Waals surface area contributed by atoms with Gasteiger partial charge in [-0.3, -0.25) is 0 Å². The van der Waals surface area contributed by atoms with E-state index in [1.165, 1.54) is 0 Å². The Bertz CT molecular complexity index is 265. The van der Waals surface area contributed by atoms with Crippen LogP contribution >= 0.6 is 11.6 Å². The quantitative estimate of drug-likeness (QED) is 0.727. The summed E-state index contributed by atoms with van der Waals surface area (Å²) < 4.78 is 0. The van der Waals surface area contributed by atoms with Crippen LogP contribution in [0, 0.1) is 0 Å². The maximum atomic E-state index is 8.60. The first-order chi connectivity index (χ1) is 6.74. The van der Waals surface area contributed by atoms with Gasteiger partial charge < -0.3 is 10.8 Å². The highest BCUT2D eigenvalue weighted by atomic mass is 35.5. The Morgan fingerprint density at radius 1 is 1.36 bits per heavy atom. The average Bonchev–Trinajstić information content (AvgIpc) is 2.19. The fourth-order valence-electron chi connectivity index (χ4n) is 1.15. The van der Waals surface area contributed by atoms with Crippen molar-refractivity contribution in [1.29, 1.82) is 0 Å². The second kappa shape index (κ2) is 5.90. The first-order valence-electron chi connectivity index (χ1n) is 4.59. The van der Waals surface area contributed by atoms with Crippen LogP contribution in [0.2, 0.25) is 5.15 Å². The molecule has 5 heteroatoms. The lowest BCUT2D eigenvalue weighted by Crippen LogP contribution is -2.12. The summed E-state index contributed by atoms with van der Waals surface area (Å²) in [7, 11) is 0. The Hall–Kier alpha value is -0.710. The minimum atomic E-state index is -0.119. The van der Waals surface area contributed by atoms with Crippen molar-refractivity contribution in [3.8, 4) is 0 Å². The third-order valence-corrected chi connectivity index (χ3v) is 2.16. The topological polar surface area (TPSA) is 72.0 Å². The molecular formula is C9H14ClN3O. The Kier molecular flexibility index (Phi) is 4.79. The molecule has 0 spiro atoms. The largest absolute Gasteiger partial charge is 0.396 e. The van der Waals surface area contributed by atoms with Gasteiger partial charge in [0.05, 0.1) is 5.69 Å². The zero-order valence-corrected chi connectivity index (χ0v) is 8.61. The molecule has 0 aromatic carbocycles. The fourth-order valence-corrected chi connectivity index (χ4v) is 1.25. The van der Waals surface area contributed by atoms with Gasteiger partial charge in [0, 0.05) is 12.6 Å². The Morgan fingerprint density at radius 2 is 2.14 bits per heavy atom. The van der Waals surface area contributed by atoms with Crippen molar-refractivity contribution in [3.05, 3.63) is 23.0 Å². The van der Waals surface area contributed by atoms with Crippen LogP contribution in [-0.4, -0.2) is 21.9 Å². The molecule has 1 aromatic heterocycles. The van der Waals surface area contributed by atoms with Crippen molar-refractivity contribution in [2.45, 2.75) is 25.3 Å². The summed E-state index contributed by atoms with van der Waals surface area (Å²) in [5.74, 6) is 0. The normalized spacial score (nSPS) is 12.8. The fraction of sp³-hybridized carbons (Fsp3) is 0.556. The summed E-state index contributed by atoms with van der Waals surface area (Å²) in [5.41, 5.74) is 6.60. The van der Waals surface area contributed by atoms with E-state index in [4.69, 9.17) is 22.4 Å². The van der Waals surface area contributed by atoms with Gasteiger partial charge in [-0.25, -0.2) is 0 Å². The molecule has 0 aliphatic heterocycles. The Labute approximate surface area is 88.1 Å². The molecule has 0 saturated heterocycles. The number of rotatable bonds is 5. The molecule has 0 amide bonds. The second-order valence-electron chi connectivity index (χ2n) is 3.11. The van der Waals surface area contributed by atoms with Crippen molar-refractivity contribution in [2.24, 2.45) is 5.73 Å². The molecule has 0 fully saturated rings. The zero-order chi connectivity index (χ0) is 10.4. The summed E-state index contributed by atoms with van der Waals surface area (Å²) in [6.07, 6.45) is 2.47. The molecule has 78 valence electrons. The molecule has 1 aromatic rings. The average molecular weight is 216 g/mol. The summed E-state index contributed by atoms with van der Waals surface area (Å²) >= 11 is 5.60. The van der Waals surface area contributed by atoms with Crippen molar-refractivity contribution in [1.82, 2.24) is 10.2 Å². The molecule has 0 bridgehead atoms. The van der Waals surface area contributed by atoms with Gasteiger partial charge in [0.25, 0.3) is 0 Å². The monoisotopic (exact) mass is 215 g/mol. The number of aliphatic hydroxyl groups excluding tert-OH is 1. The molecule has 0 aliphatic carbocycles. The van der Waals surface area contributed by atoms with E-state index in [-0.39, 0.29) is 12.6 Å². The van der Waals surface area contributed by atoms with E-state index < -0.39 is 0 Å². The highest BCUT2D eigenvalue weighted by molar-refractivity contribution is 6.29. The molecule has 1 rings (SSSR count). The molecule has 14 heavy (non-hydrogen) atoms. The first kappa shape index (κ1) is 11.4. The van der Waals surface area contributed by atoms with E-state index in [9.17, 15) is 0 Å². The van der Waals surface area contributed by atoms with Gasteiger partial charge in [-0.2, -0.15) is 5.10 Å². The van der Waals surface area contributed by atoms with Crippen molar-refractivity contribution in [3.63, 3.8) is 0 Å². The van der Waals surface area contributed by atoms with Gasteiger partial charge in [-0.05, 0) is 31.4 Å². The third-order valence-electron chi connectivity index (χ3n) is 1.96. The predicted molar refractivity (Wildman–Crippen MR) is 54.9 cm³/mol. The molecule has 1 heterocycles. The lowest BCUT2D eigenvalue weighted by Gasteiger charge is -2.09. The lowest BCUT2D eigenvalue weighted by molar-refractivity contribution is 0.281. The third kappa shape index (κ3) is 3.57. The minimum Gasteiger partial charge on any atom is -0.396 e. The summed E-state index contributed by atoms with van der Waals surface area (Å²) in [6, 6.07) is 3.33. The molecule has 1 unspecified atom stereocenters. The number of hydrogen-bond donors (Lipinski definition) is 2. The number of halogens is 1. The van der Waals surface area contributed by atoms with E-state index in [1.54, 1.807) is 12.1 Å². The molecule has 3 N–H and O–H groups in total. The number of aliphatic hydroxyl groups is 1. The first-order valence-corrected chi connectivity index (χ1v) is 4.97. The van der Waals surface area contributed by atoms with E-state index >= 15 is 0 Å². The standard InChI is InChI=1S/C9H14ClN3O/c10-9-5-4-8(12-13-9)7(11)3-1-2-6-14/h4-5,7,14H,1-3,6,11H2. The number of nitrogens with zero attached hydrogens (tertiary/aromatic N) is 2. The summed E-state index contributed by atoms with van der Waals surface area (Å²) in [4.78, 5) is 0. The molecule has 0 radical (unpaired) electrons. The molecule has 1 atom stereocenters. The number of nitrogens with two attached hydrogens (primary N) is 1. The lowest BCUT2D eigenvalue weighted by atomic mass is 10.1. The van der Waals surface area contributed by atoms with Gasteiger partial charge in [-0.1, -0.05) is 11.6 Å². The smallest absolute Gasteiger partial charge is 0.151 e. The van der Waals surface area contributed by atoms with Gasteiger partial charge in [0.15, 0.2) is 5.15 Å². The van der Waals surface area contributed by atoms with Crippen LogP contribution in [0.15, 0.2) is 12.1 Å². The van der Waals surface area contributed by atoms with E-state index in [0.717, 1.165) is 25.0 Å².